The van der Waals surface area contributed by atoms with E-state index in [0.29, 0.717) is 0 Å². The Balaban J connectivity index is 0.961. The highest BCUT2D eigenvalue weighted by Gasteiger charge is 2.46. The Morgan fingerprint density at radius 3 is 1.54 bits per heavy atom. The zero-order valence-electron chi connectivity index (χ0n) is 38.6. The number of para-hydroxylation sites is 4. The van der Waals surface area contributed by atoms with Crippen molar-refractivity contribution >= 4 is 78.0 Å². The summed E-state index contributed by atoms with van der Waals surface area (Å²) in [6, 6.07) is 96.0. The van der Waals surface area contributed by atoms with E-state index in [-0.39, 0.29) is 0 Å². The average Bonchev–Trinajstić information content (AvgIpc) is 4.12. The maximum absolute atomic E-state index is 6.59. The normalized spacial score (nSPS) is 12.6. The lowest BCUT2D eigenvalue weighted by Gasteiger charge is -2.35. The van der Waals surface area contributed by atoms with Crippen LogP contribution in [0.2, 0.25) is 0 Å². The average molecular weight is 909 g/mol. The molecule has 0 atom stereocenters. The number of hydrogen-bond acceptors (Lipinski definition) is 4. The summed E-state index contributed by atoms with van der Waals surface area (Å²) in [5.41, 5.74) is 18.7. The molecule has 0 amide bonds. The van der Waals surface area contributed by atoms with Crippen LogP contribution in [0, 0.1) is 0 Å². The molecule has 13 aromatic rings. The first-order valence-corrected chi connectivity index (χ1v) is 24.2. The third kappa shape index (κ3) is 6.39. The van der Waals surface area contributed by atoms with Crippen molar-refractivity contribution in [3.63, 3.8) is 0 Å². The first-order chi connectivity index (χ1) is 35.2. The smallest absolute Gasteiger partial charge is 0.143 e. The van der Waals surface area contributed by atoms with Crippen LogP contribution >= 0.6 is 0 Å². The van der Waals surface area contributed by atoms with Gasteiger partial charge in [-0.25, -0.2) is 0 Å². The van der Waals surface area contributed by atoms with Gasteiger partial charge in [0.1, 0.15) is 22.3 Å². The van der Waals surface area contributed by atoms with Crippen molar-refractivity contribution in [2.75, 3.05) is 9.80 Å². The number of nitrogens with zero attached hydrogens (tertiary/aromatic N) is 2. The maximum Gasteiger partial charge on any atom is 0.143 e. The second kappa shape index (κ2) is 16.4. The van der Waals surface area contributed by atoms with Gasteiger partial charge in [0.05, 0.1) is 16.5 Å². The molecule has 2 aromatic heterocycles. The van der Waals surface area contributed by atoms with Crippen LogP contribution < -0.4 is 9.80 Å². The molecule has 0 radical (unpaired) electrons. The van der Waals surface area contributed by atoms with Gasteiger partial charge in [0.2, 0.25) is 0 Å². The molecule has 0 saturated heterocycles. The molecule has 4 nitrogen and oxygen atoms in total. The molecule has 2 heterocycles. The SMILES string of the molecule is c1ccc(N(c2ccc(-c3cccc4c3oc3ccccc34)cc2)c2cccc(N(c3cccc(C4(c5ccccc5)c5ccccc5-c5ccccc54)c3)c3cccc4oc5ccccc5c34)c2)cc1. The third-order valence-corrected chi connectivity index (χ3v) is 14.5. The van der Waals surface area contributed by atoms with Crippen LogP contribution in [-0.4, -0.2) is 0 Å². The number of rotatable bonds is 9. The lowest BCUT2D eigenvalue weighted by molar-refractivity contribution is 0.669. The van der Waals surface area contributed by atoms with E-state index >= 15 is 0 Å². The number of anilines is 6. The van der Waals surface area contributed by atoms with Crippen LogP contribution in [0.3, 0.4) is 0 Å². The highest BCUT2D eigenvalue weighted by atomic mass is 16.3. The first-order valence-electron chi connectivity index (χ1n) is 24.2. The molecule has 11 aromatic carbocycles. The number of hydrogen-bond donors (Lipinski definition) is 0. The van der Waals surface area contributed by atoms with E-state index < -0.39 is 5.41 Å². The highest BCUT2D eigenvalue weighted by Crippen LogP contribution is 2.57. The highest BCUT2D eigenvalue weighted by molar-refractivity contribution is 6.13. The van der Waals surface area contributed by atoms with E-state index in [9.17, 15) is 0 Å². The Morgan fingerprint density at radius 2 is 0.789 bits per heavy atom. The fraction of sp³-hybridized carbons (Fsp3) is 0.0149. The molecule has 14 rings (SSSR count). The van der Waals surface area contributed by atoms with Crippen molar-refractivity contribution in [2.45, 2.75) is 5.41 Å². The van der Waals surface area contributed by atoms with Gasteiger partial charge < -0.3 is 18.6 Å². The standard InChI is InChI=1S/C67H44N2O2/c1-3-19-46(20-4-1)67(59-33-11-7-27-54(59)55-28-8-12-34-60(55)67)47-21-15-24-50(43-47)69(61-35-18-38-64-65(61)58-30-10-14-37-63(58)70-64)52-26-16-25-51(44-52)68(48-22-5-2-6-23-48)49-41-39-45(40-42-49)53-31-17-32-57-56-29-9-13-36-62(56)71-66(53)57/h1-44H. The molecule has 71 heavy (non-hydrogen) atoms. The summed E-state index contributed by atoms with van der Waals surface area (Å²) in [5.74, 6) is 0. The summed E-state index contributed by atoms with van der Waals surface area (Å²) in [7, 11) is 0. The zero-order valence-corrected chi connectivity index (χ0v) is 38.6. The second-order valence-corrected chi connectivity index (χ2v) is 18.4. The molecule has 1 aliphatic carbocycles. The molecule has 0 fully saturated rings. The second-order valence-electron chi connectivity index (χ2n) is 18.4. The van der Waals surface area contributed by atoms with E-state index in [1.165, 1.54) is 33.4 Å². The van der Waals surface area contributed by atoms with Crippen molar-refractivity contribution in [1.29, 1.82) is 0 Å². The van der Waals surface area contributed by atoms with Crippen LogP contribution in [-0.2, 0) is 5.41 Å². The third-order valence-electron chi connectivity index (χ3n) is 14.5. The molecule has 0 aliphatic heterocycles. The summed E-state index contributed by atoms with van der Waals surface area (Å²) in [6.45, 7) is 0. The Hall–Kier alpha value is -9.38. The lowest BCUT2D eigenvalue weighted by atomic mass is 9.67. The Labute approximate surface area is 411 Å². The Morgan fingerprint density at radius 1 is 0.296 bits per heavy atom. The van der Waals surface area contributed by atoms with Gasteiger partial charge >= 0.3 is 0 Å². The van der Waals surface area contributed by atoms with Gasteiger partial charge in [0.25, 0.3) is 0 Å². The molecule has 4 heteroatoms. The first kappa shape index (κ1) is 40.7. The van der Waals surface area contributed by atoms with Crippen molar-refractivity contribution < 1.29 is 8.83 Å². The number of furan rings is 2. The molecular weight excluding hydrogens is 865 g/mol. The van der Waals surface area contributed by atoms with E-state index in [1.54, 1.807) is 0 Å². The van der Waals surface area contributed by atoms with Crippen LogP contribution in [0.4, 0.5) is 34.1 Å². The molecule has 0 N–H and O–H groups in total. The summed E-state index contributed by atoms with van der Waals surface area (Å²) >= 11 is 0. The van der Waals surface area contributed by atoms with Gasteiger partial charge in [-0.05, 0) is 118 Å². The van der Waals surface area contributed by atoms with Gasteiger partial charge in [-0.1, -0.05) is 188 Å². The summed E-state index contributed by atoms with van der Waals surface area (Å²) in [6.07, 6.45) is 0. The van der Waals surface area contributed by atoms with E-state index in [0.717, 1.165) is 89.1 Å². The summed E-state index contributed by atoms with van der Waals surface area (Å²) in [4.78, 5) is 4.76. The van der Waals surface area contributed by atoms with Crippen LogP contribution in [0.25, 0.3) is 66.1 Å². The fourth-order valence-corrected chi connectivity index (χ4v) is 11.5. The minimum atomic E-state index is -0.571. The molecule has 0 saturated carbocycles. The van der Waals surface area contributed by atoms with Crippen molar-refractivity contribution in [3.05, 3.63) is 289 Å². The minimum absolute atomic E-state index is 0.571. The molecule has 0 unspecified atom stereocenters. The van der Waals surface area contributed by atoms with Gasteiger partial charge in [0.15, 0.2) is 0 Å². The van der Waals surface area contributed by atoms with Crippen LogP contribution in [0.5, 0.6) is 0 Å². The Kier molecular flexibility index (Phi) is 9.39. The van der Waals surface area contributed by atoms with Crippen molar-refractivity contribution in [3.8, 4) is 22.3 Å². The van der Waals surface area contributed by atoms with Crippen LogP contribution in [0.15, 0.2) is 276 Å². The Bertz CT molecular complexity index is 4090. The topological polar surface area (TPSA) is 32.8 Å². The van der Waals surface area contributed by atoms with Gasteiger partial charge in [0, 0.05) is 50.2 Å². The van der Waals surface area contributed by atoms with Crippen molar-refractivity contribution in [1.82, 2.24) is 0 Å². The van der Waals surface area contributed by atoms with E-state index in [2.05, 4.69) is 259 Å². The van der Waals surface area contributed by atoms with E-state index in [4.69, 9.17) is 8.83 Å². The number of benzene rings is 11. The monoisotopic (exact) mass is 908 g/mol. The quantitative estimate of drug-likeness (QED) is 0.144. The summed E-state index contributed by atoms with van der Waals surface area (Å²) < 4.78 is 13.1. The number of fused-ring (bicyclic) bond motifs is 9. The largest absolute Gasteiger partial charge is 0.456 e. The molecule has 0 bridgehead atoms. The summed E-state index contributed by atoms with van der Waals surface area (Å²) in [5, 5.41) is 4.37. The fourth-order valence-electron chi connectivity index (χ4n) is 11.5. The van der Waals surface area contributed by atoms with Crippen molar-refractivity contribution in [2.24, 2.45) is 0 Å². The van der Waals surface area contributed by atoms with Gasteiger partial charge in [-0.2, -0.15) is 0 Å². The molecule has 0 spiro atoms. The minimum Gasteiger partial charge on any atom is -0.456 e. The van der Waals surface area contributed by atoms with Crippen LogP contribution in [0.1, 0.15) is 22.3 Å². The molecular formula is C67H44N2O2. The molecule has 334 valence electrons. The predicted molar refractivity (Wildman–Crippen MR) is 293 cm³/mol. The maximum atomic E-state index is 6.59. The van der Waals surface area contributed by atoms with E-state index in [1.807, 2.05) is 18.2 Å². The molecule has 1 aliphatic rings. The zero-order chi connectivity index (χ0) is 46.9. The van der Waals surface area contributed by atoms with Gasteiger partial charge in [-0.15, -0.1) is 0 Å². The lowest BCUT2D eigenvalue weighted by Crippen LogP contribution is -2.28. The predicted octanol–water partition coefficient (Wildman–Crippen LogP) is 18.5. The van der Waals surface area contributed by atoms with Gasteiger partial charge in [-0.3, -0.25) is 0 Å².